The van der Waals surface area contributed by atoms with Crippen LogP contribution in [-0.4, -0.2) is 66.4 Å². The fraction of sp³-hybridized carbons (Fsp3) is 0.345. The van der Waals surface area contributed by atoms with Gasteiger partial charge in [-0.3, -0.25) is 9.36 Å². The topological polar surface area (TPSA) is 122 Å². The largest absolute Gasteiger partial charge is 0.496 e. The minimum absolute atomic E-state index is 0.0797. The molecule has 1 amide bonds. The van der Waals surface area contributed by atoms with Crippen molar-refractivity contribution >= 4 is 18.5 Å². The van der Waals surface area contributed by atoms with E-state index in [1.165, 1.54) is 12.0 Å². The van der Waals surface area contributed by atoms with Crippen molar-refractivity contribution in [2.75, 3.05) is 34.5 Å². The van der Waals surface area contributed by atoms with Crippen molar-refractivity contribution in [2.45, 2.75) is 32.6 Å². The molecule has 0 radical (unpaired) electrons. The normalized spacial score (nSPS) is 12.3. The molecule has 2 heterocycles. The van der Waals surface area contributed by atoms with E-state index in [-0.39, 0.29) is 32.3 Å². The molecular weight excluding hydrogens is 518 g/mol. The fourth-order valence-electron chi connectivity index (χ4n) is 4.24. The number of imidazole rings is 1. The number of hydrogen-bond acceptors (Lipinski definition) is 8. The standard InChI is InChI=1S/C29H33N3O8/c1-4-5-10-28-30-15-22(32(28)23-8-6-7-9-24(23)38-18-37-17-31(2)16-33)12-21(29(34)35)11-20-13-26-27(40-19-39-26)14-25(20)36-3/h6-9,12-16H,4-5,10-11,17-19H2,1-3H3,(H,34,35)/b21-12+. The number of ether oxygens (including phenoxy) is 5. The number of aryl methyl sites for hydroxylation is 1. The Hall–Kier alpha value is -4.51. The van der Waals surface area contributed by atoms with Gasteiger partial charge in [0.2, 0.25) is 13.2 Å². The Morgan fingerprint density at radius 2 is 1.98 bits per heavy atom. The highest BCUT2D eigenvalue weighted by molar-refractivity contribution is 5.92. The number of nitrogens with zero attached hydrogens (tertiary/aromatic N) is 3. The van der Waals surface area contributed by atoms with Crippen LogP contribution in [-0.2, 0) is 27.2 Å². The van der Waals surface area contributed by atoms with Crippen LogP contribution in [0, 0.1) is 0 Å². The molecule has 11 heteroatoms. The molecule has 1 N–H and O–H groups in total. The first-order valence-corrected chi connectivity index (χ1v) is 12.9. The molecule has 2 aromatic carbocycles. The first-order valence-electron chi connectivity index (χ1n) is 12.9. The Balaban J connectivity index is 1.70. The fourth-order valence-corrected chi connectivity index (χ4v) is 4.24. The molecule has 212 valence electrons. The molecule has 4 rings (SSSR count). The van der Waals surface area contributed by atoms with Crippen LogP contribution in [0.2, 0.25) is 0 Å². The molecule has 0 saturated heterocycles. The summed E-state index contributed by atoms with van der Waals surface area (Å²) in [5.74, 6) is 1.83. The molecule has 0 unspecified atom stereocenters. The summed E-state index contributed by atoms with van der Waals surface area (Å²) >= 11 is 0. The molecule has 0 fully saturated rings. The molecule has 1 aliphatic heterocycles. The number of hydrogen-bond donors (Lipinski definition) is 1. The maximum Gasteiger partial charge on any atom is 0.331 e. The average Bonchev–Trinajstić information content (AvgIpc) is 3.59. The number of para-hydroxylation sites is 2. The number of carbonyl (C=O) groups excluding carboxylic acids is 1. The second kappa shape index (κ2) is 13.5. The predicted molar refractivity (Wildman–Crippen MR) is 146 cm³/mol. The van der Waals surface area contributed by atoms with Gasteiger partial charge in [-0.1, -0.05) is 25.5 Å². The highest BCUT2D eigenvalue weighted by atomic mass is 16.7. The third kappa shape index (κ3) is 6.73. The lowest BCUT2D eigenvalue weighted by atomic mass is 10.0. The Morgan fingerprint density at radius 3 is 2.70 bits per heavy atom. The van der Waals surface area contributed by atoms with Gasteiger partial charge in [-0.2, -0.15) is 0 Å². The van der Waals surface area contributed by atoms with Gasteiger partial charge in [-0.25, -0.2) is 9.78 Å². The minimum atomic E-state index is -1.07. The predicted octanol–water partition coefficient (Wildman–Crippen LogP) is 4.06. The maximum absolute atomic E-state index is 12.4. The summed E-state index contributed by atoms with van der Waals surface area (Å²) in [7, 11) is 3.13. The summed E-state index contributed by atoms with van der Waals surface area (Å²) in [6, 6.07) is 10.8. The third-order valence-electron chi connectivity index (χ3n) is 6.25. The number of rotatable bonds is 15. The number of carbonyl (C=O) groups is 2. The van der Waals surface area contributed by atoms with Gasteiger partial charge in [0.15, 0.2) is 18.3 Å². The van der Waals surface area contributed by atoms with Crippen LogP contribution in [0.1, 0.15) is 36.8 Å². The Morgan fingerprint density at radius 1 is 1.20 bits per heavy atom. The van der Waals surface area contributed by atoms with E-state index in [9.17, 15) is 14.7 Å². The zero-order valence-corrected chi connectivity index (χ0v) is 22.8. The van der Waals surface area contributed by atoms with Gasteiger partial charge in [0.25, 0.3) is 0 Å². The second-order valence-electron chi connectivity index (χ2n) is 9.13. The molecule has 0 bridgehead atoms. The molecule has 11 nitrogen and oxygen atoms in total. The van der Waals surface area contributed by atoms with E-state index in [4.69, 9.17) is 23.7 Å². The molecule has 0 aliphatic carbocycles. The maximum atomic E-state index is 12.4. The summed E-state index contributed by atoms with van der Waals surface area (Å²) in [5.41, 5.74) is 2.06. The van der Waals surface area contributed by atoms with Crippen LogP contribution in [0.25, 0.3) is 11.8 Å². The lowest BCUT2D eigenvalue weighted by Crippen LogP contribution is -2.21. The highest BCUT2D eigenvalue weighted by Gasteiger charge is 2.21. The third-order valence-corrected chi connectivity index (χ3v) is 6.25. The zero-order chi connectivity index (χ0) is 28.5. The minimum Gasteiger partial charge on any atom is -0.496 e. The summed E-state index contributed by atoms with van der Waals surface area (Å²) in [4.78, 5) is 29.2. The van der Waals surface area contributed by atoms with Crippen molar-refractivity contribution < 1.29 is 38.4 Å². The first kappa shape index (κ1) is 28.5. The number of aliphatic carboxylic acids is 1. The first-order chi connectivity index (χ1) is 19.4. The summed E-state index contributed by atoms with van der Waals surface area (Å²) < 4.78 is 29.6. The van der Waals surface area contributed by atoms with E-state index in [0.29, 0.717) is 52.8 Å². The monoisotopic (exact) mass is 551 g/mol. The smallest absolute Gasteiger partial charge is 0.331 e. The molecule has 0 saturated carbocycles. The van der Waals surface area contributed by atoms with E-state index in [2.05, 4.69) is 11.9 Å². The number of amides is 1. The number of carboxylic acid groups (broad SMARTS) is 1. The molecular formula is C29H33N3O8. The van der Waals surface area contributed by atoms with Crippen molar-refractivity contribution in [3.63, 3.8) is 0 Å². The van der Waals surface area contributed by atoms with E-state index in [1.807, 2.05) is 22.8 Å². The number of benzene rings is 2. The SMILES string of the molecule is CCCCc1ncc(/C=C(\Cc2cc3c(cc2OC)OCO3)C(=O)O)n1-c1ccccc1OCOCN(C)C=O. The van der Waals surface area contributed by atoms with E-state index in [1.54, 1.807) is 37.5 Å². The number of unbranched alkanes of at least 4 members (excludes halogenated alkanes) is 1. The van der Waals surface area contributed by atoms with Crippen LogP contribution in [0.15, 0.2) is 48.2 Å². The van der Waals surface area contributed by atoms with Gasteiger partial charge in [0, 0.05) is 37.1 Å². The van der Waals surface area contributed by atoms with Gasteiger partial charge in [-0.05, 0) is 30.7 Å². The van der Waals surface area contributed by atoms with Crippen molar-refractivity contribution in [1.82, 2.24) is 14.5 Å². The van der Waals surface area contributed by atoms with Crippen LogP contribution in [0.5, 0.6) is 23.0 Å². The molecule has 3 aromatic rings. The van der Waals surface area contributed by atoms with E-state index >= 15 is 0 Å². The summed E-state index contributed by atoms with van der Waals surface area (Å²) in [5, 5.41) is 10.2. The number of methoxy groups -OCH3 is 1. The van der Waals surface area contributed by atoms with Crippen molar-refractivity contribution in [2.24, 2.45) is 0 Å². The Labute approximate surface area is 232 Å². The van der Waals surface area contributed by atoms with Gasteiger partial charge < -0.3 is 33.7 Å². The van der Waals surface area contributed by atoms with Crippen molar-refractivity contribution in [3.8, 4) is 28.7 Å². The van der Waals surface area contributed by atoms with Gasteiger partial charge in [0.05, 0.1) is 24.7 Å². The molecule has 1 aliphatic rings. The Bertz CT molecular complexity index is 1370. The van der Waals surface area contributed by atoms with Gasteiger partial charge in [0.1, 0.15) is 24.1 Å². The average molecular weight is 552 g/mol. The highest BCUT2D eigenvalue weighted by Crippen LogP contribution is 2.39. The van der Waals surface area contributed by atoms with E-state index < -0.39 is 5.97 Å². The van der Waals surface area contributed by atoms with Gasteiger partial charge >= 0.3 is 5.97 Å². The molecule has 40 heavy (non-hydrogen) atoms. The molecule has 1 aromatic heterocycles. The number of fused-ring (bicyclic) bond motifs is 1. The summed E-state index contributed by atoms with van der Waals surface area (Å²) in [6.45, 7) is 2.20. The molecule has 0 atom stereocenters. The van der Waals surface area contributed by atoms with Crippen molar-refractivity contribution in [1.29, 1.82) is 0 Å². The lowest BCUT2D eigenvalue weighted by Gasteiger charge is -2.17. The van der Waals surface area contributed by atoms with Crippen LogP contribution >= 0.6 is 0 Å². The van der Waals surface area contributed by atoms with Crippen LogP contribution < -0.4 is 18.9 Å². The Kier molecular flexibility index (Phi) is 9.63. The lowest BCUT2D eigenvalue weighted by molar-refractivity contribution is -0.132. The molecule has 0 spiro atoms. The van der Waals surface area contributed by atoms with Gasteiger partial charge in [-0.15, -0.1) is 0 Å². The van der Waals surface area contributed by atoms with Crippen LogP contribution in [0.4, 0.5) is 0 Å². The van der Waals surface area contributed by atoms with Crippen LogP contribution in [0.3, 0.4) is 0 Å². The quantitative estimate of drug-likeness (QED) is 0.129. The van der Waals surface area contributed by atoms with E-state index in [0.717, 1.165) is 18.7 Å². The second-order valence-corrected chi connectivity index (χ2v) is 9.13. The number of carboxylic acids is 1. The van der Waals surface area contributed by atoms with Crippen molar-refractivity contribution in [3.05, 3.63) is 65.2 Å². The summed E-state index contributed by atoms with van der Waals surface area (Å²) in [6.07, 6.45) is 6.59. The number of aromatic nitrogens is 2. The zero-order valence-electron chi connectivity index (χ0n) is 22.8.